The van der Waals surface area contributed by atoms with Gasteiger partial charge < -0.3 is 19.9 Å². The van der Waals surface area contributed by atoms with Crippen molar-refractivity contribution in [3.63, 3.8) is 0 Å². The third-order valence-electron chi connectivity index (χ3n) is 3.83. The van der Waals surface area contributed by atoms with Crippen LogP contribution in [0, 0.1) is 0 Å². The van der Waals surface area contributed by atoms with Crippen molar-refractivity contribution in [1.29, 1.82) is 0 Å². The molecule has 1 saturated carbocycles. The first-order chi connectivity index (χ1) is 10.1. The van der Waals surface area contributed by atoms with E-state index < -0.39 is 0 Å². The van der Waals surface area contributed by atoms with Crippen LogP contribution in [0.1, 0.15) is 45.1 Å². The monoisotopic (exact) mass is 293 g/mol. The summed E-state index contributed by atoms with van der Waals surface area (Å²) in [5, 5.41) is 13.2. The van der Waals surface area contributed by atoms with E-state index in [4.69, 9.17) is 9.47 Å². The van der Waals surface area contributed by atoms with Crippen molar-refractivity contribution < 1.29 is 14.6 Å². The molecule has 0 heterocycles. The molecule has 1 aliphatic rings. The molecule has 0 radical (unpaired) electrons. The van der Waals surface area contributed by atoms with Gasteiger partial charge in [-0.2, -0.15) is 0 Å². The van der Waals surface area contributed by atoms with Crippen molar-refractivity contribution in [3.8, 4) is 11.5 Å². The van der Waals surface area contributed by atoms with E-state index in [2.05, 4.69) is 11.4 Å². The molecule has 2 rings (SSSR count). The van der Waals surface area contributed by atoms with Crippen LogP contribution >= 0.6 is 0 Å². The summed E-state index contributed by atoms with van der Waals surface area (Å²) in [6.45, 7) is 4.79. The van der Waals surface area contributed by atoms with Crippen LogP contribution in [-0.2, 0) is 6.54 Å². The molecule has 1 aromatic carbocycles. The van der Waals surface area contributed by atoms with E-state index in [0.717, 1.165) is 43.7 Å². The number of aliphatic hydroxyl groups excluding tert-OH is 1. The Morgan fingerprint density at radius 2 is 2.10 bits per heavy atom. The van der Waals surface area contributed by atoms with Crippen LogP contribution in [0.3, 0.4) is 0 Å². The average Bonchev–Trinajstić information content (AvgIpc) is 2.45. The minimum atomic E-state index is -0.146. The maximum Gasteiger partial charge on any atom is 0.161 e. The summed E-state index contributed by atoms with van der Waals surface area (Å²) in [5.41, 5.74) is 1.17. The van der Waals surface area contributed by atoms with Crippen molar-refractivity contribution in [2.24, 2.45) is 0 Å². The minimum absolute atomic E-state index is 0.131. The highest BCUT2D eigenvalue weighted by Gasteiger charge is 2.19. The van der Waals surface area contributed by atoms with Crippen molar-refractivity contribution in [3.05, 3.63) is 23.8 Å². The van der Waals surface area contributed by atoms with Gasteiger partial charge in [-0.3, -0.25) is 0 Å². The van der Waals surface area contributed by atoms with E-state index in [1.165, 1.54) is 5.56 Å². The summed E-state index contributed by atoms with van der Waals surface area (Å²) in [5.74, 6) is 1.55. The first kappa shape index (κ1) is 16.1. The molecule has 1 aromatic rings. The molecule has 2 atom stereocenters. The summed E-state index contributed by atoms with van der Waals surface area (Å²) in [4.78, 5) is 0. The molecule has 0 bridgehead atoms. The van der Waals surface area contributed by atoms with Crippen LogP contribution < -0.4 is 14.8 Å². The first-order valence-electron chi connectivity index (χ1n) is 7.83. The topological polar surface area (TPSA) is 50.7 Å². The van der Waals surface area contributed by atoms with Gasteiger partial charge in [-0.05, 0) is 57.2 Å². The quantitative estimate of drug-likeness (QED) is 0.847. The fraction of sp³-hybridized carbons (Fsp3) is 0.647. The number of ether oxygens (including phenoxy) is 2. The van der Waals surface area contributed by atoms with Crippen molar-refractivity contribution in [2.45, 2.75) is 64.3 Å². The van der Waals surface area contributed by atoms with Crippen LogP contribution in [0.4, 0.5) is 0 Å². The molecule has 0 spiro atoms. The van der Waals surface area contributed by atoms with E-state index in [1.54, 1.807) is 7.11 Å². The van der Waals surface area contributed by atoms with Crippen LogP contribution in [-0.4, -0.2) is 30.5 Å². The second-order valence-corrected chi connectivity index (χ2v) is 6.05. The second kappa shape index (κ2) is 7.66. The van der Waals surface area contributed by atoms with Gasteiger partial charge in [0.25, 0.3) is 0 Å². The average molecular weight is 293 g/mol. The molecule has 0 aromatic heterocycles. The van der Waals surface area contributed by atoms with E-state index in [9.17, 15) is 5.11 Å². The maximum absolute atomic E-state index is 9.70. The fourth-order valence-corrected chi connectivity index (χ4v) is 2.78. The Morgan fingerprint density at radius 1 is 1.29 bits per heavy atom. The van der Waals surface area contributed by atoms with E-state index in [1.807, 2.05) is 26.0 Å². The zero-order chi connectivity index (χ0) is 15.2. The standard InChI is InChI=1S/C17H27NO3/c1-12(2)21-16-8-7-13(9-17(16)20-3)11-18-14-5-4-6-15(19)10-14/h7-9,12,14-15,18-19H,4-6,10-11H2,1-3H3. The molecule has 4 nitrogen and oxygen atoms in total. The third kappa shape index (κ3) is 4.90. The fourth-order valence-electron chi connectivity index (χ4n) is 2.78. The number of rotatable bonds is 6. The maximum atomic E-state index is 9.70. The molecule has 1 fully saturated rings. The largest absolute Gasteiger partial charge is 0.493 e. The minimum Gasteiger partial charge on any atom is -0.493 e. The van der Waals surface area contributed by atoms with Gasteiger partial charge in [-0.1, -0.05) is 6.07 Å². The van der Waals surface area contributed by atoms with Crippen molar-refractivity contribution >= 4 is 0 Å². The number of hydrogen-bond acceptors (Lipinski definition) is 4. The van der Waals surface area contributed by atoms with Gasteiger partial charge in [0.1, 0.15) is 0 Å². The zero-order valence-corrected chi connectivity index (χ0v) is 13.3. The van der Waals surface area contributed by atoms with E-state index in [-0.39, 0.29) is 12.2 Å². The predicted molar refractivity (Wildman–Crippen MR) is 83.9 cm³/mol. The number of methoxy groups -OCH3 is 1. The van der Waals surface area contributed by atoms with Crippen LogP contribution in [0.25, 0.3) is 0 Å². The highest BCUT2D eigenvalue weighted by Crippen LogP contribution is 2.29. The molecule has 4 heteroatoms. The summed E-state index contributed by atoms with van der Waals surface area (Å²) in [6.07, 6.45) is 4.02. The molecule has 2 N–H and O–H groups in total. The molecule has 2 unspecified atom stereocenters. The van der Waals surface area contributed by atoms with Gasteiger partial charge in [0.15, 0.2) is 11.5 Å². The molecule has 1 aliphatic carbocycles. The Morgan fingerprint density at radius 3 is 2.76 bits per heavy atom. The third-order valence-corrected chi connectivity index (χ3v) is 3.83. The predicted octanol–water partition coefficient (Wildman–Crippen LogP) is 2.88. The molecule has 0 amide bonds. The summed E-state index contributed by atoms with van der Waals surface area (Å²) < 4.78 is 11.1. The Bertz CT molecular complexity index is 448. The van der Waals surface area contributed by atoms with Crippen molar-refractivity contribution in [1.82, 2.24) is 5.32 Å². The van der Waals surface area contributed by atoms with Crippen LogP contribution in [0.15, 0.2) is 18.2 Å². The summed E-state index contributed by atoms with van der Waals surface area (Å²) in [6, 6.07) is 6.45. The van der Waals surface area contributed by atoms with E-state index >= 15 is 0 Å². The number of hydrogen-bond donors (Lipinski definition) is 2. The lowest BCUT2D eigenvalue weighted by Crippen LogP contribution is -2.35. The Hall–Kier alpha value is -1.26. The van der Waals surface area contributed by atoms with Crippen molar-refractivity contribution in [2.75, 3.05) is 7.11 Å². The molecule has 0 aliphatic heterocycles. The molecular formula is C17H27NO3. The SMILES string of the molecule is COc1cc(CNC2CCCC(O)C2)ccc1OC(C)C. The zero-order valence-electron chi connectivity index (χ0n) is 13.3. The Balaban J connectivity index is 1.94. The van der Waals surface area contributed by atoms with Gasteiger partial charge in [0.2, 0.25) is 0 Å². The van der Waals surface area contributed by atoms with Gasteiger partial charge in [0, 0.05) is 12.6 Å². The van der Waals surface area contributed by atoms with Gasteiger partial charge in [-0.25, -0.2) is 0 Å². The number of nitrogens with one attached hydrogen (secondary N) is 1. The Kier molecular flexibility index (Phi) is 5.88. The normalized spacial score (nSPS) is 22.3. The first-order valence-corrected chi connectivity index (χ1v) is 7.83. The number of benzene rings is 1. The van der Waals surface area contributed by atoms with Gasteiger partial charge in [0.05, 0.1) is 19.3 Å². The highest BCUT2D eigenvalue weighted by molar-refractivity contribution is 5.43. The lowest BCUT2D eigenvalue weighted by Gasteiger charge is -2.26. The smallest absolute Gasteiger partial charge is 0.161 e. The summed E-state index contributed by atoms with van der Waals surface area (Å²) in [7, 11) is 1.66. The molecular weight excluding hydrogens is 266 g/mol. The lowest BCUT2D eigenvalue weighted by molar-refractivity contribution is 0.111. The lowest BCUT2D eigenvalue weighted by atomic mass is 9.93. The Labute approximate surface area is 127 Å². The van der Waals surface area contributed by atoms with Crippen LogP contribution in [0.5, 0.6) is 11.5 Å². The highest BCUT2D eigenvalue weighted by atomic mass is 16.5. The van der Waals surface area contributed by atoms with Gasteiger partial charge >= 0.3 is 0 Å². The molecule has 21 heavy (non-hydrogen) atoms. The summed E-state index contributed by atoms with van der Waals surface area (Å²) >= 11 is 0. The second-order valence-electron chi connectivity index (χ2n) is 6.05. The van der Waals surface area contributed by atoms with Gasteiger partial charge in [-0.15, -0.1) is 0 Å². The number of aliphatic hydroxyl groups is 1. The van der Waals surface area contributed by atoms with E-state index in [0.29, 0.717) is 6.04 Å². The molecule has 0 saturated heterocycles. The molecule has 118 valence electrons. The van der Waals surface area contributed by atoms with Crippen LogP contribution in [0.2, 0.25) is 0 Å².